The van der Waals surface area contributed by atoms with Gasteiger partial charge in [0.25, 0.3) is 10.9 Å². The van der Waals surface area contributed by atoms with Crippen LogP contribution in [-0.2, 0) is 64.4 Å². The molecule has 5 aliphatic carbocycles. The zero-order chi connectivity index (χ0) is 70.2. The SMILES string of the molecule is O=c1c2c1-c1ccccc1CCc1ccccc1-2.O=c1c2c1-c1ccccc1Cc1ccccc1-2.O=c1c2c1-c1ccccc1OCc1ccccc1-2.O=c1c2c1CCC2.O=c1c2c1CCCC2.O=c1c2c1CCCCC2.O=c1c2ccsc12.O=c1oc2c(=O)c2o1.O=c1oc2c(=O)c2oc1=O. The van der Waals surface area contributed by atoms with Crippen molar-refractivity contribution < 1.29 is 22.4 Å². The van der Waals surface area contributed by atoms with Crippen LogP contribution < -0.4 is 70.7 Å². The quantitative estimate of drug-likeness (QED) is 0.101. The van der Waals surface area contributed by atoms with Gasteiger partial charge in [0.15, 0.2) is 32.6 Å². The third-order valence-electron chi connectivity index (χ3n) is 19.9. The number of benzene rings is 6. The number of hydrogen-bond donors (Lipinski definition) is 0. The summed E-state index contributed by atoms with van der Waals surface area (Å²) in [4.78, 5) is 129. The van der Waals surface area contributed by atoms with E-state index in [1.54, 1.807) is 0 Å². The summed E-state index contributed by atoms with van der Waals surface area (Å²) >= 11 is 1.53. The summed E-state index contributed by atoms with van der Waals surface area (Å²) in [5.41, 5.74) is 24.0. The van der Waals surface area contributed by atoms with E-state index in [0.29, 0.717) is 22.9 Å². The lowest BCUT2D eigenvalue weighted by atomic mass is 9.92. The molecule has 0 unspecified atom stereocenters. The van der Waals surface area contributed by atoms with Crippen LogP contribution in [0.1, 0.15) is 99.7 Å². The summed E-state index contributed by atoms with van der Waals surface area (Å²) in [6.45, 7) is 0.511. The molecule has 0 atom stereocenters. The van der Waals surface area contributed by atoms with Gasteiger partial charge in [-0.1, -0.05) is 146 Å². The Hall–Kier alpha value is -12.0. The van der Waals surface area contributed by atoms with E-state index >= 15 is 0 Å². The van der Waals surface area contributed by atoms with Gasteiger partial charge in [0.1, 0.15) is 12.4 Å². The molecule has 0 N–H and O–H groups in total. The van der Waals surface area contributed by atoms with Gasteiger partial charge in [-0.15, -0.1) is 11.3 Å². The largest absolute Gasteiger partial charge is 0.519 e. The summed E-state index contributed by atoms with van der Waals surface area (Å²) in [6, 6.07) is 50.5. The summed E-state index contributed by atoms with van der Waals surface area (Å²) in [5.74, 6) is -0.0000435. The van der Waals surface area contributed by atoms with Gasteiger partial charge in [0.2, 0.25) is 27.8 Å². The predicted molar refractivity (Wildman–Crippen MR) is 391 cm³/mol. The van der Waals surface area contributed by atoms with Gasteiger partial charge >= 0.3 is 17.1 Å². The van der Waals surface area contributed by atoms with Crippen molar-refractivity contribution in [3.8, 4) is 72.5 Å². The fourth-order valence-electron chi connectivity index (χ4n) is 14.0. The molecule has 18 aromatic rings. The fourth-order valence-corrected chi connectivity index (χ4v) is 14.8. The Labute approximate surface area is 580 Å². The molecule has 24 rings (SSSR count). The first kappa shape index (κ1) is 64.6. The molecule has 0 bridgehead atoms. The number of thiophene rings is 1. The van der Waals surface area contributed by atoms with Crippen LogP contribution in [0.4, 0.5) is 0 Å². The van der Waals surface area contributed by atoms with E-state index in [1.807, 2.05) is 96.4 Å². The summed E-state index contributed by atoms with van der Waals surface area (Å²) in [7, 11) is 0. The molecule has 0 saturated heterocycles. The van der Waals surface area contributed by atoms with Gasteiger partial charge in [-0.2, -0.15) is 0 Å². The molecular weight excluding hydrogens is 1310 g/mol. The topological polar surface area (TPSA) is 267 Å². The number of hydrogen-bond acceptors (Lipinski definition) is 18. The smallest absolute Gasteiger partial charge is 0.488 e. The van der Waals surface area contributed by atoms with Crippen LogP contribution in [0.5, 0.6) is 5.75 Å². The van der Waals surface area contributed by atoms with E-state index < -0.39 is 22.5 Å². The number of rotatable bonds is 0. The van der Waals surface area contributed by atoms with Crippen molar-refractivity contribution in [3.05, 3.63) is 342 Å². The van der Waals surface area contributed by atoms with Crippen LogP contribution in [0.15, 0.2) is 232 Å². The number of para-hydroxylation sites is 1. The van der Waals surface area contributed by atoms with E-state index in [9.17, 15) is 57.5 Å². The molecule has 0 amide bonds. The third kappa shape index (κ3) is 12.7. The number of fused-ring (bicyclic) bond motifs is 21. The summed E-state index contributed by atoms with van der Waals surface area (Å²) in [5, 5.41) is 2.87. The van der Waals surface area contributed by atoms with Crippen molar-refractivity contribution in [2.45, 2.75) is 103 Å². The van der Waals surface area contributed by atoms with Crippen LogP contribution in [0.25, 0.3) is 99.2 Å². The Morgan fingerprint density at radius 1 is 0.275 bits per heavy atom. The van der Waals surface area contributed by atoms with E-state index in [-0.39, 0.29) is 49.5 Å². The maximum atomic E-state index is 12.1. The molecule has 502 valence electrons. The Bertz CT molecular complexity index is 6020. The predicted octanol–water partition coefficient (Wildman–Crippen LogP) is 11.8. The van der Waals surface area contributed by atoms with Crippen LogP contribution >= 0.6 is 11.3 Å². The zero-order valence-electron chi connectivity index (χ0n) is 54.7. The second kappa shape index (κ2) is 26.3. The number of ether oxygens (including phenoxy) is 1. The average Bonchev–Trinajstić information content (AvgIpc) is 1.58. The van der Waals surface area contributed by atoms with Crippen molar-refractivity contribution in [1.82, 2.24) is 0 Å². The second-order valence-corrected chi connectivity index (χ2v) is 27.1. The van der Waals surface area contributed by atoms with Crippen molar-refractivity contribution >= 4 is 43.8 Å². The lowest BCUT2D eigenvalue weighted by Crippen LogP contribution is -2.19. The van der Waals surface area contributed by atoms with E-state index in [0.717, 1.165) is 168 Å². The van der Waals surface area contributed by atoms with Crippen LogP contribution in [-0.4, -0.2) is 0 Å². The Morgan fingerprint density at radius 3 is 0.990 bits per heavy atom. The molecule has 0 fully saturated rings. The standard InChI is InChI=1S/C17H12O.C16H10O2.C16H10O.C8H10O.C7H8O.C6H6O.C5O5.C5H2OS.C4O4/c18-17-15-13-7-3-1-5-11(13)9-10-12-6-2-4-8-14(12)16(15)17;17-16-14-11-6-2-1-5-10(11)9-18-13-8-4-3-7-12(13)15(14)16;17-16-14-12-7-3-1-5-10(12)9-11-6-2-4-8-13(11)15(14)16;9-8-6-4-2-1-3-5-7(6)8;8-7-5-3-1-2-4-6(5)7;7-6-4-2-1-3-5(4)6;6-1-2-3(1)10-5(8)4(7)9-2;6-4-3-1-2-7-5(3)4;5-1-2-3(1)8-4(6)7-2/h1-8H,9-10H2;1-8H,9H2;1-8H,9H2;1-5H2;1-4H2;1-3H2;;1-2H;. The van der Waals surface area contributed by atoms with Gasteiger partial charge in [-0.05, 0) is 163 Å². The van der Waals surface area contributed by atoms with Crippen molar-refractivity contribution in [3.63, 3.8) is 0 Å². The molecule has 15 aromatic carbocycles. The normalized spacial score (nSPS) is 14.0. The van der Waals surface area contributed by atoms with E-state index in [1.165, 1.54) is 83.2 Å². The van der Waals surface area contributed by atoms with Gasteiger partial charge in [-0.3, -0.25) is 43.2 Å². The highest BCUT2D eigenvalue weighted by Gasteiger charge is 2.34. The molecule has 0 saturated carbocycles. The van der Waals surface area contributed by atoms with Crippen molar-refractivity contribution in [1.29, 1.82) is 0 Å². The highest BCUT2D eigenvalue weighted by molar-refractivity contribution is 7.18. The minimum absolute atomic E-state index is 0.0787. The van der Waals surface area contributed by atoms with Crippen molar-refractivity contribution in [2.24, 2.45) is 0 Å². The monoisotopic (exact) mass is 1370 g/mol. The minimum atomic E-state index is -1.13. The average molecular weight is 1370 g/mol. The van der Waals surface area contributed by atoms with Gasteiger partial charge in [-0.25, -0.2) is 14.4 Å². The lowest BCUT2D eigenvalue weighted by molar-refractivity contribution is 0.308. The molecule has 0 radical (unpaired) electrons. The van der Waals surface area contributed by atoms with Crippen molar-refractivity contribution in [2.75, 3.05) is 0 Å². The Kier molecular flexibility index (Phi) is 16.6. The molecule has 4 heterocycles. The van der Waals surface area contributed by atoms with Gasteiger partial charge in [0, 0.05) is 77.7 Å². The molecule has 0 spiro atoms. The Morgan fingerprint density at radius 2 is 0.608 bits per heavy atom. The lowest BCUT2D eigenvalue weighted by Gasteiger charge is -2.13. The molecule has 1 aliphatic heterocycles. The molecule has 6 aliphatic rings. The van der Waals surface area contributed by atoms with Crippen LogP contribution in [0.2, 0.25) is 0 Å². The first-order valence-corrected chi connectivity index (χ1v) is 34.9. The highest BCUT2D eigenvalue weighted by Crippen LogP contribution is 2.45. The summed E-state index contributed by atoms with van der Waals surface area (Å²) < 4.78 is 23.6. The maximum absolute atomic E-state index is 12.1. The van der Waals surface area contributed by atoms with Gasteiger partial charge < -0.3 is 22.4 Å². The third-order valence-corrected chi connectivity index (χ3v) is 20.8. The zero-order valence-corrected chi connectivity index (χ0v) is 55.5. The fraction of sp³-hybridized carbons (Fsp3) is 0.190. The van der Waals surface area contributed by atoms with Crippen LogP contribution in [0.3, 0.4) is 0 Å². The van der Waals surface area contributed by atoms with Crippen LogP contribution in [0, 0.1) is 0 Å². The molecular formula is C84H58O17S. The Balaban J connectivity index is 0.0000000910. The van der Waals surface area contributed by atoms with E-state index in [4.69, 9.17) is 4.74 Å². The first-order valence-electron chi connectivity index (χ1n) is 34.0. The van der Waals surface area contributed by atoms with Gasteiger partial charge in [0.05, 0.1) is 4.70 Å². The minimum Gasteiger partial charge on any atom is -0.488 e. The highest BCUT2D eigenvalue weighted by atomic mass is 32.1. The maximum Gasteiger partial charge on any atom is 0.519 e. The van der Waals surface area contributed by atoms with E-state index in [2.05, 4.69) is 78.3 Å². The molecule has 17 nitrogen and oxygen atoms in total. The first-order chi connectivity index (χ1) is 49.6. The molecule has 3 aromatic heterocycles. The second-order valence-electron chi connectivity index (χ2n) is 26.2. The summed E-state index contributed by atoms with van der Waals surface area (Å²) in [6.07, 6.45) is 16.9. The number of aryl methyl sites for hydroxylation is 2. The molecule has 18 heteroatoms. The molecule has 102 heavy (non-hydrogen) atoms.